The standard InChI is InChI=1S/C38H25N5/c1-2-4-33-25-43-35(21-32(33)3-1)24-38(42-43)34-22-36(30-9-5-26(6-10-30)28-13-17-39-18-14-28)41-37(23-34)31-11-7-27(8-12-31)29-15-19-40-20-16-29/h1-25H. The molecule has 3 aromatic carbocycles. The van der Waals surface area contributed by atoms with Crippen LogP contribution in [0.25, 0.3) is 72.3 Å². The Morgan fingerprint density at radius 1 is 0.395 bits per heavy atom. The zero-order valence-corrected chi connectivity index (χ0v) is 23.2. The van der Waals surface area contributed by atoms with Crippen LogP contribution in [0.3, 0.4) is 0 Å². The van der Waals surface area contributed by atoms with Gasteiger partial charge in [0.2, 0.25) is 0 Å². The minimum atomic E-state index is 0.897. The molecule has 43 heavy (non-hydrogen) atoms. The van der Waals surface area contributed by atoms with Gasteiger partial charge in [0.15, 0.2) is 0 Å². The first-order chi connectivity index (χ1) is 21.3. The summed E-state index contributed by atoms with van der Waals surface area (Å²) in [5, 5.41) is 7.34. The van der Waals surface area contributed by atoms with Crippen LogP contribution >= 0.6 is 0 Å². The van der Waals surface area contributed by atoms with Gasteiger partial charge in [0.05, 0.1) is 22.6 Å². The molecule has 0 radical (unpaired) electrons. The van der Waals surface area contributed by atoms with Gasteiger partial charge in [-0.1, -0.05) is 72.8 Å². The first-order valence-electron chi connectivity index (χ1n) is 14.2. The molecule has 0 saturated carbocycles. The maximum absolute atomic E-state index is 5.15. The lowest BCUT2D eigenvalue weighted by atomic mass is 9.99. The van der Waals surface area contributed by atoms with E-state index in [0.717, 1.165) is 66.9 Å². The second-order valence-corrected chi connectivity index (χ2v) is 10.6. The maximum Gasteiger partial charge on any atom is 0.0935 e. The van der Waals surface area contributed by atoms with E-state index in [-0.39, 0.29) is 0 Å². The largest absolute Gasteiger partial charge is 0.265 e. The van der Waals surface area contributed by atoms with Crippen LogP contribution in [0.4, 0.5) is 0 Å². The zero-order valence-electron chi connectivity index (χ0n) is 23.2. The molecule has 0 aliphatic carbocycles. The Morgan fingerprint density at radius 2 is 0.884 bits per heavy atom. The van der Waals surface area contributed by atoms with Gasteiger partial charge < -0.3 is 0 Å². The zero-order chi connectivity index (χ0) is 28.6. The molecule has 0 N–H and O–H groups in total. The average Bonchev–Trinajstić information content (AvgIpc) is 3.51. The third-order valence-electron chi connectivity index (χ3n) is 7.84. The van der Waals surface area contributed by atoms with Crippen molar-refractivity contribution in [2.24, 2.45) is 0 Å². The van der Waals surface area contributed by atoms with E-state index in [1.54, 1.807) is 0 Å². The highest BCUT2D eigenvalue weighted by molar-refractivity contribution is 5.87. The van der Waals surface area contributed by atoms with Crippen LogP contribution in [0.1, 0.15) is 0 Å². The predicted octanol–water partition coefficient (Wildman–Crippen LogP) is 9.01. The van der Waals surface area contributed by atoms with Crippen LogP contribution in [0.5, 0.6) is 0 Å². The van der Waals surface area contributed by atoms with E-state index in [2.05, 4.69) is 113 Å². The van der Waals surface area contributed by atoms with Gasteiger partial charge in [0.25, 0.3) is 0 Å². The fraction of sp³-hybridized carbons (Fsp3) is 0. The third kappa shape index (κ3) is 4.83. The summed E-state index contributed by atoms with van der Waals surface area (Å²) in [6.07, 6.45) is 9.36. The number of fused-ring (bicyclic) bond motifs is 2. The molecule has 202 valence electrons. The number of pyridine rings is 4. The van der Waals surface area contributed by atoms with E-state index in [1.165, 1.54) is 5.39 Å². The Balaban J connectivity index is 1.24. The number of aromatic nitrogens is 5. The van der Waals surface area contributed by atoms with E-state index >= 15 is 0 Å². The summed E-state index contributed by atoms with van der Waals surface area (Å²) in [5.74, 6) is 0. The van der Waals surface area contributed by atoms with Crippen LogP contribution in [-0.4, -0.2) is 24.6 Å². The topological polar surface area (TPSA) is 56.0 Å². The molecule has 5 nitrogen and oxygen atoms in total. The summed E-state index contributed by atoms with van der Waals surface area (Å²) in [6.45, 7) is 0. The highest BCUT2D eigenvalue weighted by Gasteiger charge is 2.13. The fourth-order valence-electron chi connectivity index (χ4n) is 5.54. The molecular weight excluding hydrogens is 526 g/mol. The molecule has 5 heteroatoms. The maximum atomic E-state index is 5.15. The summed E-state index contributed by atoms with van der Waals surface area (Å²) >= 11 is 0. The Morgan fingerprint density at radius 3 is 1.44 bits per heavy atom. The van der Waals surface area contributed by atoms with Gasteiger partial charge in [0.1, 0.15) is 0 Å². The van der Waals surface area contributed by atoms with Crippen LogP contribution in [0, 0.1) is 0 Å². The van der Waals surface area contributed by atoms with Crippen LogP contribution in [0.2, 0.25) is 0 Å². The monoisotopic (exact) mass is 551 g/mol. The lowest BCUT2D eigenvalue weighted by molar-refractivity contribution is 0.974. The van der Waals surface area contributed by atoms with Crippen molar-refractivity contribution in [2.75, 3.05) is 0 Å². The Kier molecular flexibility index (Phi) is 6.05. The van der Waals surface area contributed by atoms with E-state index in [0.29, 0.717) is 0 Å². The van der Waals surface area contributed by atoms with Crippen molar-refractivity contribution in [2.45, 2.75) is 0 Å². The van der Waals surface area contributed by atoms with Gasteiger partial charge in [-0.15, -0.1) is 0 Å². The summed E-state index contributed by atoms with van der Waals surface area (Å²) in [4.78, 5) is 13.4. The normalized spacial score (nSPS) is 11.3. The smallest absolute Gasteiger partial charge is 0.0935 e. The Labute approximate surface area is 248 Å². The number of rotatable bonds is 5. The molecule has 0 unspecified atom stereocenters. The quantitative estimate of drug-likeness (QED) is 0.214. The van der Waals surface area contributed by atoms with Crippen molar-refractivity contribution in [1.82, 2.24) is 24.6 Å². The predicted molar refractivity (Wildman–Crippen MR) is 173 cm³/mol. The minimum Gasteiger partial charge on any atom is -0.265 e. The molecular formula is C38H25N5. The molecule has 0 atom stereocenters. The number of hydrogen-bond donors (Lipinski definition) is 0. The molecule has 5 aromatic heterocycles. The van der Waals surface area contributed by atoms with Gasteiger partial charge in [-0.25, -0.2) is 9.50 Å². The highest BCUT2D eigenvalue weighted by atomic mass is 15.2. The van der Waals surface area contributed by atoms with Crippen molar-refractivity contribution < 1.29 is 0 Å². The van der Waals surface area contributed by atoms with Gasteiger partial charge >= 0.3 is 0 Å². The molecule has 0 amide bonds. The van der Waals surface area contributed by atoms with E-state index in [4.69, 9.17) is 10.1 Å². The van der Waals surface area contributed by atoms with Gasteiger partial charge in [0, 0.05) is 53.1 Å². The molecule has 8 rings (SSSR count). The van der Waals surface area contributed by atoms with Crippen molar-refractivity contribution in [3.05, 3.63) is 152 Å². The summed E-state index contributed by atoms with van der Waals surface area (Å²) < 4.78 is 1.96. The number of benzene rings is 3. The summed E-state index contributed by atoms with van der Waals surface area (Å²) in [7, 11) is 0. The SMILES string of the molecule is c1ccc2cn3nc(-c4cc(-c5ccc(-c6ccncc6)cc5)nc(-c5ccc(-c6ccncc6)cc5)c4)cc3cc2c1. The molecule has 0 spiro atoms. The van der Waals surface area contributed by atoms with Crippen LogP contribution in [0.15, 0.2) is 152 Å². The van der Waals surface area contributed by atoms with Crippen LogP contribution < -0.4 is 0 Å². The van der Waals surface area contributed by atoms with E-state index in [1.807, 2.05) is 53.6 Å². The third-order valence-corrected chi connectivity index (χ3v) is 7.84. The number of hydrogen-bond acceptors (Lipinski definition) is 4. The van der Waals surface area contributed by atoms with Crippen molar-refractivity contribution in [3.63, 3.8) is 0 Å². The molecule has 0 aliphatic rings. The molecule has 0 bridgehead atoms. The lowest BCUT2D eigenvalue weighted by Gasteiger charge is -2.10. The minimum absolute atomic E-state index is 0.897. The molecule has 5 heterocycles. The van der Waals surface area contributed by atoms with Crippen LogP contribution in [-0.2, 0) is 0 Å². The average molecular weight is 552 g/mol. The van der Waals surface area contributed by atoms with E-state index in [9.17, 15) is 0 Å². The van der Waals surface area contributed by atoms with Gasteiger partial charge in [-0.05, 0) is 76.2 Å². The molecule has 0 fully saturated rings. The van der Waals surface area contributed by atoms with E-state index < -0.39 is 0 Å². The Bertz CT molecular complexity index is 2050. The van der Waals surface area contributed by atoms with Gasteiger partial charge in [-0.3, -0.25) is 9.97 Å². The highest BCUT2D eigenvalue weighted by Crippen LogP contribution is 2.33. The second-order valence-electron chi connectivity index (χ2n) is 10.6. The molecule has 0 saturated heterocycles. The van der Waals surface area contributed by atoms with Crippen molar-refractivity contribution >= 4 is 16.3 Å². The van der Waals surface area contributed by atoms with Crippen molar-refractivity contribution in [3.8, 4) is 56.0 Å². The summed E-state index contributed by atoms with van der Waals surface area (Å²) in [6, 6.07) is 42.2. The van der Waals surface area contributed by atoms with Crippen molar-refractivity contribution in [1.29, 1.82) is 0 Å². The second kappa shape index (κ2) is 10.5. The first-order valence-corrected chi connectivity index (χ1v) is 14.2. The summed E-state index contributed by atoms with van der Waals surface area (Å²) in [5.41, 5.74) is 11.4. The number of nitrogens with zero attached hydrogens (tertiary/aromatic N) is 5. The molecule has 0 aliphatic heterocycles. The molecule has 8 aromatic rings. The van der Waals surface area contributed by atoms with Gasteiger partial charge in [-0.2, -0.15) is 5.10 Å². The first kappa shape index (κ1) is 24.8. The lowest BCUT2D eigenvalue weighted by Crippen LogP contribution is -1.92. The fourth-order valence-corrected chi connectivity index (χ4v) is 5.54. The Hall–Kier alpha value is -5.94.